The van der Waals surface area contributed by atoms with Gasteiger partial charge in [0.2, 0.25) is 0 Å². The molecule has 0 radical (unpaired) electrons. The van der Waals surface area contributed by atoms with Gasteiger partial charge < -0.3 is 14.0 Å². The second-order valence-corrected chi connectivity index (χ2v) is 7.59. The summed E-state index contributed by atoms with van der Waals surface area (Å²) in [6, 6.07) is 22.8. The first-order valence-electron chi connectivity index (χ1n) is 10.4. The number of rotatable bonds is 8. The highest BCUT2D eigenvalue weighted by atomic mass is 16.5. The molecule has 0 aliphatic heterocycles. The number of imidazole rings is 1. The quantitative estimate of drug-likeness (QED) is 0.355. The number of aryl methyl sites for hydroxylation is 2. The van der Waals surface area contributed by atoms with E-state index in [-0.39, 0.29) is 0 Å². The van der Waals surface area contributed by atoms with Crippen molar-refractivity contribution in [2.45, 2.75) is 33.2 Å². The Labute approximate surface area is 178 Å². The van der Waals surface area contributed by atoms with Crippen molar-refractivity contribution in [3.63, 3.8) is 0 Å². The Kier molecular flexibility index (Phi) is 6.03. The second kappa shape index (κ2) is 9.04. The fourth-order valence-electron chi connectivity index (χ4n) is 3.72. The lowest BCUT2D eigenvalue weighted by Gasteiger charge is -2.13. The predicted molar refractivity (Wildman–Crippen MR) is 122 cm³/mol. The van der Waals surface area contributed by atoms with Crippen molar-refractivity contribution in [3.8, 4) is 11.5 Å². The zero-order chi connectivity index (χ0) is 20.9. The van der Waals surface area contributed by atoms with Crippen molar-refractivity contribution in [2.24, 2.45) is 0 Å². The average molecular weight is 401 g/mol. The minimum Gasteiger partial charge on any atom is -0.497 e. The Hall–Kier alpha value is -3.27. The number of nitrogens with zero attached hydrogens (tertiary/aromatic N) is 2. The molecule has 30 heavy (non-hydrogen) atoms. The van der Waals surface area contributed by atoms with Gasteiger partial charge in [-0.15, -0.1) is 0 Å². The Balaban J connectivity index is 1.49. The predicted octanol–water partition coefficient (Wildman–Crippen LogP) is 5.72. The number of fused-ring (bicyclic) bond motifs is 1. The van der Waals surface area contributed by atoms with Gasteiger partial charge in [0, 0.05) is 13.0 Å². The van der Waals surface area contributed by atoms with Crippen LogP contribution in [0, 0.1) is 13.8 Å². The molecule has 0 unspecified atom stereocenters. The molecule has 0 aliphatic carbocycles. The first-order valence-corrected chi connectivity index (χ1v) is 10.4. The van der Waals surface area contributed by atoms with Crippen LogP contribution in [0.15, 0.2) is 66.7 Å². The lowest BCUT2D eigenvalue weighted by Crippen LogP contribution is -2.09. The van der Waals surface area contributed by atoms with E-state index in [4.69, 9.17) is 14.5 Å². The average Bonchev–Trinajstić information content (AvgIpc) is 3.11. The summed E-state index contributed by atoms with van der Waals surface area (Å²) in [5, 5.41) is 0. The van der Waals surface area contributed by atoms with Crippen LogP contribution in [0.3, 0.4) is 0 Å². The highest BCUT2D eigenvalue weighted by molar-refractivity contribution is 5.76. The summed E-state index contributed by atoms with van der Waals surface area (Å²) in [6.45, 7) is 5.78. The van der Waals surface area contributed by atoms with Crippen molar-refractivity contribution in [1.29, 1.82) is 0 Å². The summed E-state index contributed by atoms with van der Waals surface area (Å²) in [7, 11) is 1.69. The number of hydrogen-bond donors (Lipinski definition) is 0. The van der Waals surface area contributed by atoms with Gasteiger partial charge in [0.05, 0.1) is 24.8 Å². The van der Waals surface area contributed by atoms with E-state index in [1.165, 1.54) is 22.2 Å². The molecule has 0 atom stereocenters. The van der Waals surface area contributed by atoms with Gasteiger partial charge in [-0.3, -0.25) is 0 Å². The number of para-hydroxylation sites is 2. The smallest absolute Gasteiger partial charge is 0.122 e. The van der Waals surface area contributed by atoms with Gasteiger partial charge in [-0.05, 0) is 67.3 Å². The van der Waals surface area contributed by atoms with E-state index in [2.05, 4.69) is 54.8 Å². The molecule has 4 aromatic rings. The number of aromatic nitrogens is 2. The summed E-state index contributed by atoms with van der Waals surface area (Å²) in [5.41, 5.74) is 5.91. The van der Waals surface area contributed by atoms with Crippen LogP contribution in [-0.4, -0.2) is 23.3 Å². The van der Waals surface area contributed by atoms with Crippen LogP contribution >= 0.6 is 0 Å². The highest BCUT2D eigenvalue weighted by Crippen LogP contribution is 2.22. The van der Waals surface area contributed by atoms with Gasteiger partial charge in [0.15, 0.2) is 0 Å². The van der Waals surface area contributed by atoms with E-state index in [1.54, 1.807) is 7.11 Å². The van der Waals surface area contributed by atoms with Crippen molar-refractivity contribution >= 4 is 11.0 Å². The summed E-state index contributed by atoms with van der Waals surface area (Å²) >= 11 is 0. The molecule has 3 aromatic carbocycles. The fraction of sp³-hybridized carbons (Fsp3) is 0.269. The van der Waals surface area contributed by atoms with Gasteiger partial charge in [-0.25, -0.2) is 4.98 Å². The van der Waals surface area contributed by atoms with Gasteiger partial charge in [0.1, 0.15) is 17.3 Å². The molecule has 1 aromatic heterocycles. The summed E-state index contributed by atoms with van der Waals surface area (Å²) in [5.74, 6) is 2.92. The molecule has 0 amide bonds. The topological polar surface area (TPSA) is 36.3 Å². The Morgan fingerprint density at radius 3 is 2.50 bits per heavy atom. The van der Waals surface area contributed by atoms with E-state index >= 15 is 0 Å². The zero-order valence-electron chi connectivity index (χ0n) is 17.9. The Bertz CT molecular complexity index is 1130. The third kappa shape index (κ3) is 4.33. The van der Waals surface area contributed by atoms with Gasteiger partial charge in [-0.2, -0.15) is 0 Å². The van der Waals surface area contributed by atoms with Crippen molar-refractivity contribution in [1.82, 2.24) is 9.55 Å². The third-order valence-corrected chi connectivity index (χ3v) is 5.59. The van der Waals surface area contributed by atoms with Crippen LogP contribution in [0.5, 0.6) is 11.5 Å². The van der Waals surface area contributed by atoms with Crippen molar-refractivity contribution in [3.05, 3.63) is 89.2 Å². The van der Waals surface area contributed by atoms with E-state index < -0.39 is 0 Å². The normalized spacial score (nSPS) is 11.0. The number of ether oxygens (including phenoxy) is 2. The SMILES string of the molecule is COc1ccc(Cc2nc3ccccc3n2CCCOc2cccc(C)c2C)cc1. The monoisotopic (exact) mass is 400 g/mol. The maximum absolute atomic E-state index is 6.06. The zero-order valence-corrected chi connectivity index (χ0v) is 17.9. The standard InChI is InChI=1S/C26H28N2O2/c1-19-8-6-11-25(20(19)2)30-17-7-16-28-24-10-5-4-9-23(24)27-26(28)18-21-12-14-22(29-3)15-13-21/h4-6,8-15H,7,16-18H2,1-3H3. The number of hydrogen-bond acceptors (Lipinski definition) is 3. The van der Waals surface area contributed by atoms with Crippen LogP contribution in [-0.2, 0) is 13.0 Å². The maximum atomic E-state index is 6.06. The molecule has 4 nitrogen and oxygen atoms in total. The Morgan fingerprint density at radius 1 is 0.900 bits per heavy atom. The van der Waals surface area contributed by atoms with E-state index in [9.17, 15) is 0 Å². The molecule has 0 bridgehead atoms. The van der Waals surface area contributed by atoms with Crippen LogP contribution < -0.4 is 9.47 Å². The van der Waals surface area contributed by atoms with Gasteiger partial charge >= 0.3 is 0 Å². The molecule has 0 fully saturated rings. The number of methoxy groups -OCH3 is 1. The minimum absolute atomic E-state index is 0.679. The van der Waals surface area contributed by atoms with Crippen LogP contribution in [0.1, 0.15) is 28.9 Å². The molecular formula is C26H28N2O2. The van der Waals surface area contributed by atoms with Crippen molar-refractivity contribution in [2.75, 3.05) is 13.7 Å². The van der Waals surface area contributed by atoms with Crippen LogP contribution in [0.2, 0.25) is 0 Å². The molecule has 0 saturated heterocycles. The summed E-state index contributed by atoms with van der Waals surface area (Å²) in [6.07, 6.45) is 1.71. The molecule has 154 valence electrons. The Morgan fingerprint density at radius 2 is 1.70 bits per heavy atom. The highest BCUT2D eigenvalue weighted by Gasteiger charge is 2.11. The van der Waals surface area contributed by atoms with Gasteiger partial charge in [-0.1, -0.05) is 36.4 Å². The lowest BCUT2D eigenvalue weighted by molar-refractivity contribution is 0.300. The first-order chi connectivity index (χ1) is 14.7. The van der Waals surface area contributed by atoms with E-state index in [0.29, 0.717) is 6.61 Å². The molecule has 1 heterocycles. The first kappa shape index (κ1) is 20.0. The van der Waals surface area contributed by atoms with E-state index in [0.717, 1.165) is 42.2 Å². The van der Waals surface area contributed by atoms with Gasteiger partial charge in [0.25, 0.3) is 0 Å². The van der Waals surface area contributed by atoms with E-state index in [1.807, 2.05) is 30.3 Å². The minimum atomic E-state index is 0.679. The third-order valence-electron chi connectivity index (χ3n) is 5.59. The fourth-order valence-corrected chi connectivity index (χ4v) is 3.72. The summed E-state index contributed by atoms with van der Waals surface area (Å²) in [4.78, 5) is 4.90. The molecule has 0 saturated carbocycles. The molecular weight excluding hydrogens is 372 g/mol. The number of benzene rings is 3. The molecule has 0 spiro atoms. The van der Waals surface area contributed by atoms with Crippen molar-refractivity contribution < 1.29 is 9.47 Å². The molecule has 4 rings (SSSR count). The van der Waals surface area contributed by atoms with Crippen LogP contribution in [0.4, 0.5) is 0 Å². The summed E-state index contributed by atoms with van der Waals surface area (Å²) < 4.78 is 13.7. The lowest BCUT2D eigenvalue weighted by atomic mass is 10.1. The largest absolute Gasteiger partial charge is 0.497 e. The molecule has 4 heteroatoms. The molecule has 0 N–H and O–H groups in total. The maximum Gasteiger partial charge on any atom is 0.122 e. The van der Waals surface area contributed by atoms with Crippen LogP contribution in [0.25, 0.3) is 11.0 Å². The molecule has 0 aliphatic rings. The second-order valence-electron chi connectivity index (χ2n) is 7.59.